The average Bonchev–Trinajstić information content (AvgIpc) is 2.86. The Labute approximate surface area is 113 Å². The van der Waals surface area contributed by atoms with Crippen LogP contribution in [0.3, 0.4) is 0 Å². The summed E-state index contributed by atoms with van der Waals surface area (Å²) in [4.78, 5) is 0. The van der Waals surface area contributed by atoms with E-state index in [-0.39, 0.29) is 12.1 Å². The molecule has 0 radical (unpaired) electrons. The van der Waals surface area contributed by atoms with Crippen LogP contribution in [0.1, 0.15) is 22.8 Å². The van der Waals surface area contributed by atoms with Crippen LogP contribution in [0.15, 0.2) is 42.7 Å². The van der Waals surface area contributed by atoms with Crippen molar-refractivity contribution in [1.29, 1.82) is 5.26 Å². The minimum absolute atomic E-state index is 0.216. The molecule has 104 valence electrons. The summed E-state index contributed by atoms with van der Waals surface area (Å²) in [6, 6.07) is 10.1. The van der Waals surface area contributed by atoms with E-state index in [0.717, 1.165) is 0 Å². The zero-order valence-corrected chi connectivity index (χ0v) is 10.3. The number of rotatable bonds is 3. The molecule has 1 atom stereocenters. The van der Waals surface area contributed by atoms with Gasteiger partial charge in [-0.25, -0.2) is 0 Å². The van der Waals surface area contributed by atoms with Gasteiger partial charge in [-0.3, -0.25) is 0 Å². The van der Waals surface area contributed by atoms with E-state index in [2.05, 4.69) is 0 Å². The highest BCUT2D eigenvalue weighted by Gasteiger charge is 2.39. The maximum Gasteiger partial charge on any atom is 0.418 e. The summed E-state index contributed by atoms with van der Waals surface area (Å²) in [6.45, 7) is 0.272. The lowest BCUT2D eigenvalue weighted by molar-refractivity contribution is -0.206. The third-order valence-corrected chi connectivity index (χ3v) is 2.89. The zero-order chi connectivity index (χ0) is 14.8. The van der Waals surface area contributed by atoms with Crippen LogP contribution in [-0.4, -0.2) is 15.8 Å². The molecule has 1 aromatic heterocycles. The van der Waals surface area contributed by atoms with Crippen molar-refractivity contribution in [2.45, 2.75) is 18.8 Å². The molecular formula is C14H11F3N2O. The molecule has 0 amide bonds. The molecule has 3 nitrogen and oxygen atoms in total. The highest BCUT2D eigenvalue weighted by atomic mass is 19.4. The second-order valence-corrected chi connectivity index (χ2v) is 4.33. The number of aliphatic hydroxyl groups is 1. The molecule has 0 aliphatic carbocycles. The number of alkyl halides is 3. The molecule has 0 saturated carbocycles. The van der Waals surface area contributed by atoms with E-state index >= 15 is 0 Å². The van der Waals surface area contributed by atoms with Gasteiger partial charge >= 0.3 is 6.18 Å². The van der Waals surface area contributed by atoms with Gasteiger partial charge in [0, 0.05) is 24.5 Å². The first-order valence-electron chi connectivity index (χ1n) is 5.80. The van der Waals surface area contributed by atoms with Crippen molar-refractivity contribution in [3.8, 4) is 6.07 Å². The van der Waals surface area contributed by atoms with E-state index in [1.807, 2.05) is 6.07 Å². The molecule has 0 bridgehead atoms. The van der Waals surface area contributed by atoms with Crippen molar-refractivity contribution >= 4 is 0 Å². The molecule has 1 N–H and O–H groups in total. The van der Waals surface area contributed by atoms with Gasteiger partial charge in [-0.2, -0.15) is 18.4 Å². The maximum atomic E-state index is 12.4. The van der Waals surface area contributed by atoms with Crippen molar-refractivity contribution in [2.75, 3.05) is 0 Å². The highest BCUT2D eigenvalue weighted by molar-refractivity contribution is 5.37. The van der Waals surface area contributed by atoms with Crippen LogP contribution in [-0.2, 0) is 6.54 Å². The lowest BCUT2D eigenvalue weighted by Gasteiger charge is -2.12. The van der Waals surface area contributed by atoms with Gasteiger partial charge in [0.15, 0.2) is 6.10 Å². The number of benzene rings is 1. The van der Waals surface area contributed by atoms with Crippen molar-refractivity contribution in [1.82, 2.24) is 4.57 Å². The second kappa shape index (κ2) is 5.39. The standard InChI is InChI=1S/C14H11F3N2O/c15-14(16,17)13(20)12-5-6-19(9-12)8-11-4-2-1-3-10(11)7-18/h1-6,9,13,20H,8H2. The van der Waals surface area contributed by atoms with Gasteiger partial charge in [0.1, 0.15) is 0 Å². The Morgan fingerprint density at radius 1 is 1.25 bits per heavy atom. The Hall–Kier alpha value is -2.26. The Bertz CT molecular complexity index is 640. The molecule has 0 aliphatic rings. The van der Waals surface area contributed by atoms with Crippen molar-refractivity contribution in [2.24, 2.45) is 0 Å². The van der Waals surface area contributed by atoms with Gasteiger partial charge in [0.25, 0.3) is 0 Å². The summed E-state index contributed by atoms with van der Waals surface area (Å²) < 4.78 is 38.7. The minimum Gasteiger partial charge on any atom is -0.379 e. The molecule has 1 aromatic carbocycles. The smallest absolute Gasteiger partial charge is 0.379 e. The first-order valence-corrected chi connectivity index (χ1v) is 5.80. The van der Waals surface area contributed by atoms with Crippen LogP contribution in [0.25, 0.3) is 0 Å². The fourth-order valence-electron chi connectivity index (χ4n) is 1.87. The topological polar surface area (TPSA) is 49.0 Å². The van der Waals surface area contributed by atoms with Gasteiger partial charge in [0.2, 0.25) is 0 Å². The monoisotopic (exact) mass is 280 g/mol. The number of hydrogen-bond acceptors (Lipinski definition) is 2. The van der Waals surface area contributed by atoms with Crippen LogP contribution in [0.2, 0.25) is 0 Å². The van der Waals surface area contributed by atoms with Gasteiger partial charge in [-0.05, 0) is 17.7 Å². The van der Waals surface area contributed by atoms with E-state index in [1.165, 1.54) is 23.0 Å². The Morgan fingerprint density at radius 3 is 2.60 bits per heavy atom. The SMILES string of the molecule is N#Cc1ccccc1Cn1ccc(C(O)C(F)(F)F)c1. The number of aromatic nitrogens is 1. The van der Waals surface area contributed by atoms with E-state index in [4.69, 9.17) is 10.4 Å². The highest BCUT2D eigenvalue weighted by Crippen LogP contribution is 2.32. The lowest BCUT2D eigenvalue weighted by Crippen LogP contribution is -2.19. The second-order valence-electron chi connectivity index (χ2n) is 4.33. The molecule has 0 fully saturated rings. The quantitative estimate of drug-likeness (QED) is 0.939. The number of nitrogens with zero attached hydrogens (tertiary/aromatic N) is 2. The number of nitriles is 1. The molecular weight excluding hydrogens is 269 g/mol. The number of halogens is 3. The van der Waals surface area contributed by atoms with Gasteiger partial charge in [-0.15, -0.1) is 0 Å². The van der Waals surface area contributed by atoms with Gasteiger partial charge < -0.3 is 9.67 Å². The lowest BCUT2D eigenvalue weighted by atomic mass is 10.1. The summed E-state index contributed by atoms with van der Waals surface area (Å²) in [6.07, 6.45) is -4.50. The van der Waals surface area contributed by atoms with Gasteiger partial charge in [-0.1, -0.05) is 18.2 Å². The summed E-state index contributed by atoms with van der Waals surface area (Å²) >= 11 is 0. The Balaban J connectivity index is 2.21. The summed E-state index contributed by atoms with van der Waals surface area (Å²) in [5.74, 6) is 0. The molecule has 0 aliphatic heterocycles. The van der Waals surface area contributed by atoms with Crippen LogP contribution in [0, 0.1) is 11.3 Å². The number of aliphatic hydroxyl groups excluding tert-OH is 1. The summed E-state index contributed by atoms with van der Waals surface area (Å²) in [7, 11) is 0. The van der Waals surface area contributed by atoms with Crippen molar-refractivity contribution in [3.63, 3.8) is 0 Å². The normalized spacial score (nSPS) is 12.9. The summed E-state index contributed by atoms with van der Waals surface area (Å²) in [5, 5.41) is 18.1. The Kier molecular flexibility index (Phi) is 3.81. The fourth-order valence-corrected chi connectivity index (χ4v) is 1.87. The molecule has 1 unspecified atom stereocenters. The van der Waals surface area contributed by atoms with E-state index in [0.29, 0.717) is 11.1 Å². The molecule has 2 aromatic rings. The van der Waals surface area contributed by atoms with E-state index < -0.39 is 12.3 Å². The van der Waals surface area contributed by atoms with E-state index in [9.17, 15) is 13.2 Å². The predicted molar refractivity (Wildman–Crippen MR) is 65.7 cm³/mol. The third-order valence-electron chi connectivity index (χ3n) is 2.89. The molecule has 2 rings (SSSR count). The molecule has 0 saturated heterocycles. The molecule has 0 spiro atoms. The molecule has 1 heterocycles. The first-order chi connectivity index (χ1) is 9.41. The van der Waals surface area contributed by atoms with E-state index in [1.54, 1.807) is 24.3 Å². The largest absolute Gasteiger partial charge is 0.418 e. The zero-order valence-electron chi connectivity index (χ0n) is 10.3. The van der Waals surface area contributed by atoms with Crippen LogP contribution in [0.5, 0.6) is 0 Å². The van der Waals surface area contributed by atoms with Crippen molar-refractivity contribution < 1.29 is 18.3 Å². The van der Waals surface area contributed by atoms with Gasteiger partial charge in [0.05, 0.1) is 11.6 Å². The molecule has 6 heteroatoms. The minimum atomic E-state index is -4.68. The Morgan fingerprint density at radius 2 is 1.95 bits per heavy atom. The van der Waals surface area contributed by atoms with Crippen LogP contribution in [0.4, 0.5) is 13.2 Å². The summed E-state index contributed by atoms with van der Waals surface area (Å²) in [5.41, 5.74) is 0.963. The average molecular weight is 280 g/mol. The first kappa shape index (κ1) is 14.2. The van der Waals surface area contributed by atoms with Crippen LogP contribution < -0.4 is 0 Å². The fraction of sp³-hybridized carbons (Fsp3) is 0.214. The van der Waals surface area contributed by atoms with Crippen molar-refractivity contribution in [3.05, 3.63) is 59.4 Å². The third kappa shape index (κ3) is 3.00. The van der Waals surface area contributed by atoms with Crippen LogP contribution >= 0.6 is 0 Å². The number of hydrogen-bond donors (Lipinski definition) is 1. The predicted octanol–water partition coefficient (Wildman–Crippen LogP) is 3.00. The molecule has 20 heavy (non-hydrogen) atoms. The maximum absolute atomic E-state index is 12.4.